The van der Waals surface area contributed by atoms with Gasteiger partial charge in [0.05, 0.1) is 11.9 Å². The van der Waals surface area contributed by atoms with Gasteiger partial charge in [0.15, 0.2) is 0 Å². The second kappa shape index (κ2) is 12.8. The van der Waals surface area contributed by atoms with Gasteiger partial charge < -0.3 is 10.2 Å². The number of rotatable bonds is 12. The summed E-state index contributed by atoms with van der Waals surface area (Å²) in [4.78, 5) is 27.8. The predicted molar refractivity (Wildman–Crippen MR) is 137 cm³/mol. The fourth-order valence-corrected chi connectivity index (χ4v) is 4.87. The number of halogens is 1. The van der Waals surface area contributed by atoms with Gasteiger partial charge in [0.25, 0.3) is 0 Å². The first-order valence-electron chi connectivity index (χ1n) is 11.4. The van der Waals surface area contributed by atoms with Gasteiger partial charge in [-0.25, -0.2) is 8.42 Å². The number of benzene rings is 2. The van der Waals surface area contributed by atoms with E-state index in [1.807, 2.05) is 45.0 Å². The average molecular weight is 508 g/mol. The molecule has 0 aromatic heterocycles. The van der Waals surface area contributed by atoms with E-state index in [0.29, 0.717) is 23.6 Å². The molecule has 9 heteroatoms. The van der Waals surface area contributed by atoms with E-state index in [2.05, 4.69) is 5.32 Å². The summed E-state index contributed by atoms with van der Waals surface area (Å²) in [5.41, 5.74) is 1.29. The van der Waals surface area contributed by atoms with E-state index >= 15 is 0 Å². The Morgan fingerprint density at radius 2 is 1.65 bits per heavy atom. The molecule has 1 N–H and O–H groups in total. The van der Waals surface area contributed by atoms with Gasteiger partial charge in [-0.05, 0) is 50.5 Å². The Kier molecular flexibility index (Phi) is 10.4. The zero-order valence-corrected chi connectivity index (χ0v) is 21.8. The first kappa shape index (κ1) is 27.7. The normalized spacial score (nSPS) is 12.3. The van der Waals surface area contributed by atoms with Crippen LogP contribution in [0.1, 0.15) is 45.6 Å². The predicted octanol–water partition coefficient (Wildman–Crippen LogP) is 4.22. The van der Waals surface area contributed by atoms with E-state index in [-0.39, 0.29) is 37.4 Å². The molecule has 1 atom stereocenters. The zero-order chi connectivity index (χ0) is 25.3. The number of sulfonamides is 1. The molecule has 34 heavy (non-hydrogen) atoms. The minimum atomic E-state index is -3.51. The van der Waals surface area contributed by atoms with Crippen LogP contribution in [0.3, 0.4) is 0 Å². The smallest absolute Gasteiger partial charge is 0.243 e. The van der Waals surface area contributed by atoms with Crippen molar-refractivity contribution in [3.63, 3.8) is 0 Å². The minimum Gasteiger partial charge on any atom is -0.352 e. The molecule has 2 aromatic carbocycles. The lowest BCUT2D eigenvalue weighted by atomic mass is 10.1. The Labute approximate surface area is 208 Å². The molecule has 0 spiro atoms. The van der Waals surface area contributed by atoms with Crippen LogP contribution in [0.5, 0.6) is 0 Å². The van der Waals surface area contributed by atoms with Crippen molar-refractivity contribution in [2.45, 2.75) is 58.7 Å². The van der Waals surface area contributed by atoms with Gasteiger partial charge in [-0.1, -0.05) is 54.9 Å². The second-order valence-corrected chi connectivity index (χ2v) is 10.8. The fraction of sp³-hybridized carbons (Fsp3) is 0.440. The van der Waals surface area contributed by atoms with Crippen LogP contribution in [0, 0.1) is 0 Å². The summed E-state index contributed by atoms with van der Waals surface area (Å²) in [5.74, 6) is -0.452. The number of carbonyl (C=O) groups excluding carboxylic acids is 2. The summed E-state index contributed by atoms with van der Waals surface area (Å²) in [6.45, 7) is 5.95. The molecule has 186 valence electrons. The van der Waals surface area contributed by atoms with Crippen molar-refractivity contribution in [3.05, 3.63) is 65.2 Å². The Morgan fingerprint density at radius 1 is 1.03 bits per heavy atom. The summed E-state index contributed by atoms with van der Waals surface area (Å²) in [6.07, 6.45) is 1.99. The molecule has 0 bridgehead atoms. The zero-order valence-electron chi connectivity index (χ0n) is 20.2. The number of amides is 2. The monoisotopic (exact) mass is 507 g/mol. The number of hydrogen-bond donors (Lipinski definition) is 1. The maximum atomic E-state index is 13.4. The van der Waals surface area contributed by atoms with E-state index in [1.54, 1.807) is 35.2 Å². The molecule has 0 aliphatic rings. The lowest BCUT2D eigenvalue weighted by molar-refractivity contribution is -0.141. The van der Waals surface area contributed by atoms with Gasteiger partial charge in [0, 0.05) is 30.6 Å². The Balaban J connectivity index is 2.21. The van der Waals surface area contributed by atoms with Crippen LogP contribution >= 0.6 is 11.6 Å². The van der Waals surface area contributed by atoms with Crippen molar-refractivity contribution in [1.29, 1.82) is 0 Å². The molecular formula is C25H34ClN3O4S. The molecular weight excluding hydrogens is 474 g/mol. The molecule has 0 heterocycles. The van der Waals surface area contributed by atoms with E-state index < -0.39 is 16.1 Å². The molecule has 2 aromatic rings. The van der Waals surface area contributed by atoms with Crippen LogP contribution in [0.2, 0.25) is 5.02 Å². The number of carbonyl (C=O) groups is 2. The maximum Gasteiger partial charge on any atom is 0.243 e. The molecule has 0 aliphatic heterocycles. The van der Waals surface area contributed by atoms with Gasteiger partial charge in [-0.3, -0.25) is 13.9 Å². The summed E-state index contributed by atoms with van der Waals surface area (Å²) >= 11 is 6.34. The molecule has 0 aliphatic carbocycles. The third kappa shape index (κ3) is 8.02. The van der Waals surface area contributed by atoms with E-state index in [4.69, 9.17) is 11.6 Å². The van der Waals surface area contributed by atoms with Crippen molar-refractivity contribution in [2.75, 3.05) is 17.1 Å². The minimum absolute atomic E-state index is 0.0620. The summed E-state index contributed by atoms with van der Waals surface area (Å²) in [5, 5.41) is 3.41. The molecule has 2 rings (SSSR count). The lowest BCUT2D eigenvalue weighted by Gasteiger charge is -2.32. The van der Waals surface area contributed by atoms with Gasteiger partial charge in [-0.15, -0.1) is 0 Å². The van der Waals surface area contributed by atoms with Crippen molar-refractivity contribution in [2.24, 2.45) is 0 Å². The number of nitrogens with zero attached hydrogens (tertiary/aromatic N) is 2. The van der Waals surface area contributed by atoms with Gasteiger partial charge in [0.2, 0.25) is 21.8 Å². The van der Waals surface area contributed by atoms with Crippen LogP contribution in [0.15, 0.2) is 54.6 Å². The van der Waals surface area contributed by atoms with Crippen LogP contribution in [-0.2, 0) is 26.2 Å². The van der Waals surface area contributed by atoms with Gasteiger partial charge >= 0.3 is 0 Å². The second-order valence-electron chi connectivity index (χ2n) is 8.47. The summed E-state index contributed by atoms with van der Waals surface area (Å²) in [7, 11) is -3.51. The average Bonchev–Trinajstić information content (AvgIpc) is 2.77. The number of nitrogens with one attached hydrogen (secondary N) is 1. The molecule has 0 radical (unpaired) electrons. The SMILES string of the molecule is CC[C@@H](C(=O)NC(C)C)N(Cc1ccccc1Cl)C(=O)CCCN(c1ccccc1)S(C)(=O)=O. The molecule has 0 saturated carbocycles. The maximum absolute atomic E-state index is 13.4. The highest BCUT2D eigenvalue weighted by molar-refractivity contribution is 7.92. The highest BCUT2D eigenvalue weighted by atomic mass is 35.5. The Bertz CT molecular complexity index is 1060. The van der Waals surface area contributed by atoms with Crippen LogP contribution < -0.4 is 9.62 Å². The quantitative estimate of drug-likeness (QED) is 0.466. The molecule has 0 unspecified atom stereocenters. The fourth-order valence-electron chi connectivity index (χ4n) is 3.71. The van der Waals surface area contributed by atoms with E-state index in [9.17, 15) is 18.0 Å². The first-order valence-corrected chi connectivity index (χ1v) is 13.6. The van der Waals surface area contributed by atoms with Crippen molar-refractivity contribution in [3.8, 4) is 0 Å². The number of para-hydroxylation sites is 1. The highest BCUT2D eigenvalue weighted by Gasteiger charge is 2.29. The first-order chi connectivity index (χ1) is 16.0. The van der Waals surface area contributed by atoms with Crippen molar-refractivity contribution < 1.29 is 18.0 Å². The van der Waals surface area contributed by atoms with Crippen molar-refractivity contribution in [1.82, 2.24) is 10.2 Å². The third-order valence-corrected chi connectivity index (χ3v) is 6.87. The Hall–Kier alpha value is -2.58. The van der Waals surface area contributed by atoms with Crippen LogP contribution in [-0.4, -0.2) is 50.0 Å². The van der Waals surface area contributed by atoms with E-state index in [1.165, 1.54) is 4.31 Å². The summed E-state index contributed by atoms with van der Waals surface area (Å²) in [6, 6.07) is 15.3. The topological polar surface area (TPSA) is 86.8 Å². The molecule has 0 fully saturated rings. The molecule has 2 amide bonds. The highest BCUT2D eigenvalue weighted by Crippen LogP contribution is 2.22. The Morgan fingerprint density at radius 3 is 2.21 bits per heavy atom. The molecule has 7 nitrogen and oxygen atoms in total. The van der Waals surface area contributed by atoms with Gasteiger partial charge in [0.1, 0.15) is 6.04 Å². The van der Waals surface area contributed by atoms with Gasteiger partial charge in [-0.2, -0.15) is 0 Å². The third-order valence-electron chi connectivity index (χ3n) is 5.31. The lowest BCUT2D eigenvalue weighted by Crippen LogP contribution is -2.50. The summed E-state index contributed by atoms with van der Waals surface area (Å²) < 4.78 is 26.0. The number of anilines is 1. The molecule has 0 saturated heterocycles. The van der Waals surface area contributed by atoms with Crippen LogP contribution in [0.4, 0.5) is 5.69 Å². The van der Waals surface area contributed by atoms with Crippen molar-refractivity contribution >= 4 is 39.1 Å². The van der Waals surface area contributed by atoms with E-state index in [0.717, 1.165) is 11.8 Å². The standard InChI is InChI=1S/C25H34ClN3O4S/c1-5-23(25(31)27-19(2)3)28(18-20-12-9-10-15-22(20)26)24(30)16-11-17-29(34(4,32)33)21-13-7-6-8-14-21/h6-10,12-15,19,23H,5,11,16-18H2,1-4H3,(H,27,31)/t23-/m0/s1. The van der Waals surface area contributed by atoms with Crippen LogP contribution in [0.25, 0.3) is 0 Å². The largest absolute Gasteiger partial charge is 0.352 e. The number of hydrogen-bond acceptors (Lipinski definition) is 4.